The van der Waals surface area contributed by atoms with Gasteiger partial charge in [0.2, 0.25) is 0 Å². The van der Waals surface area contributed by atoms with Crippen LogP contribution in [-0.2, 0) is 0 Å². The van der Waals surface area contributed by atoms with Crippen LogP contribution in [0.25, 0.3) is 0 Å². The lowest BCUT2D eigenvalue weighted by Crippen LogP contribution is -2.35. The van der Waals surface area contributed by atoms with Crippen LogP contribution in [0.3, 0.4) is 0 Å². The first-order chi connectivity index (χ1) is 5.20. The first kappa shape index (κ1) is 10.6. The van der Waals surface area contributed by atoms with E-state index in [1.165, 1.54) is 0 Å². The van der Waals surface area contributed by atoms with Crippen molar-refractivity contribution in [1.82, 2.24) is 5.32 Å². The zero-order valence-electron chi connectivity index (χ0n) is 7.42. The van der Waals surface area contributed by atoms with Crippen LogP contribution < -0.4 is 11.1 Å². The van der Waals surface area contributed by atoms with Gasteiger partial charge in [0.1, 0.15) is 0 Å². The smallest absolute Gasteiger partial charge is 0.188 e. The van der Waals surface area contributed by atoms with Crippen molar-refractivity contribution >= 4 is 17.7 Å². The number of thioether (sulfide) groups is 1. The van der Waals surface area contributed by atoms with Gasteiger partial charge in [-0.3, -0.25) is 4.99 Å². The number of rotatable bonds is 4. The van der Waals surface area contributed by atoms with Gasteiger partial charge in [-0.2, -0.15) is 11.8 Å². The van der Waals surface area contributed by atoms with Crippen LogP contribution in [0, 0.1) is 5.92 Å². The summed E-state index contributed by atoms with van der Waals surface area (Å²) in [5.74, 6) is 2.33. The molecule has 0 rings (SSSR count). The molecule has 3 nitrogen and oxygen atoms in total. The second-order valence-electron chi connectivity index (χ2n) is 2.55. The van der Waals surface area contributed by atoms with Gasteiger partial charge in [-0.15, -0.1) is 0 Å². The van der Waals surface area contributed by atoms with E-state index < -0.39 is 0 Å². The fraction of sp³-hybridized carbons (Fsp3) is 0.857. The summed E-state index contributed by atoms with van der Waals surface area (Å²) < 4.78 is 0. The summed E-state index contributed by atoms with van der Waals surface area (Å²) in [5, 5.41) is 3.03. The normalized spacial score (nSPS) is 14.6. The molecule has 0 heterocycles. The molecular formula is C7H17N3S. The highest BCUT2D eigenvalue weighted by Gasteiger charge is 1.99. The molecule has 0 aliphatic carbocycles. The lowest BCUT2D eigenvalue weighted by molar-refractivity contribution is 0.633. The number of hydrogen-bond donors (Lipinski definition) is 2. The van der Waals surface area contributed by atoms with Crippen molar-refractivity contribution in [3.05, 3.63) is 0 Å². The van der Waals surface area contributed by atoms with Crippen LogP contribution in [0.15, 0.2) is 4.99 Å². The lowest BCUT2D eigenvalue weighted by Gasteiger charge is -2.10. The van der Waals surface area contributed by atoms with Crippen molar-refractivity contribution in [1.29, 1.82) is 0 Å². The summed E-state index contributed by atoms with van der Waals surface area (Å²) >= 11 is 1.85. The third-order valence-electron chi connectivity index (χ3n) is 1.32. The largest absolute Gasteiger partial charge is 0.370 e. The van der Waals surface area contributed by atoms with E-state index >= 15 is 0 Å². The molecule has 11 heavy (non-hydrogen) atoms. The summed E-state index contributed by atoms with van der Waals surface area (Å²) in [6.07, 6.45) is 2.10. The van der Waals surface area contributed by atoms with Crippen LogP contribution in [0.5, 0.6) is 0 Å². The molecule has 0 aliphatic rings. The van der Waals surface area contributed by atoms with Gasteiger partial charge in [-0.05, 0) is 17.9 Å². The lowest BCUT2D eigenvalue weighted by atomic mass is 10.2. The molecule has 1 atom stereocenters. The SMILES string of the molecule is CN=C(N)NCC(C)CSC. The minimum Gasteiger partial charge on any atom is -0.370 e. The Morgan fingerprint density at radius 2 is 2.36 bits per heavy atom. The van der Waals surface area contributed by atoms with E-state index in [4.69, 9.17) is 5.73 Å². The van der Waals surface area contributed by atoms with E-state index in [0.717, 1.165) is 12.3 Å². The average molecular weight is 175 g/mol. The molecule has 0 saturated carbocycles. The van der Waals surface area contributed by atoms with Gasteiger partial charge >= 0.3 is 0 Å². The van der Waals surface area contributed by atoms with Crippen LogP contribution in [0.2, 0.25) is 0 Å². The second kappa shape index (κ2) is 6.34. The molecule has 0 spiro atoms. The maximum atomic E-state index is 5.45. The van der Waals surface area contributed by atoms with E-state index in [9.17, 15) is 0 Å². The molecule has 0 fully saturated rings. The predicted octanol–water partition coefficient (Wildman–Crippen LogP) is 0.520. The summed E-state index contributed by atoms with van der Waals surface area (Å²) in [6, 6.07) is 0. The van der Waals surface area contributed by atoms with Crippen LogP contribution >= 0.6 is 11.8 Å². The molecule has 0 radical (unpaired) electrons. The summed E-state index contributed by atoms with van der Waals surface area (Å²) in [6.45, 7) is 3.09. The number of aliphatic imine (C=N–C) groups is 1. The third kappa shape index (κ3) is 6.04. The van der Waals surface area contributed by atoms with Crippen LogP contribution in [0.1, 0.15) is 6.92 Å². The van der Waals surface area contributed by atoms with Crippen molar-refractivity contribution in [3.8, 4) is 0 Å². The van der Waals surface area contributed by atoms with E-state index in [-0.39, 0.29) is 0 Å². The minimum atomic E-state index is 0.526. The Bertz CT molecular complexity index is 125. The van der Waals surface area contributed by atoms with Crippen LogP contribution in [0.4, 0.5) is 0 Å². The van der Waals surface area contributed by atoms with Crippen molar-refractivity contribution in [2.75, 3.05) is 25.6 Å². The van der Waals surface area contributed by atoms with Gasteiger partial charge in [0.15, 0.2) is 5.96 Å². The zero-order chi connectivity index (χ0) is 8.69. The number of nitrogens with one attached hydrogen (secondary N) is 1. The highest BCUT2D eigenvalue weighted by molar-refractivity contribution is 7.98. The maximum Gasteiger partial charge on any atom is 0.188 e. The number of nitrogens with two attached hydrogens (primary N) is 1. The van der Waals surface area contributed by atoms with E-state index in [0.29, 0.717) is 11.9 Å². The first-order valence-corrected chi connectivity index (χ1v) is 5.05. The van der Waals surface area contributed by atoms with Crippen LogP contribution in [-0.4, -0.2) is 31.6 Å². The molecule has 0 saturated heterocycles. The Balaban J connectivity index is 3.37. The van der Waals surface area contributed by atoms with Crippen molar-refractivity contribution in [2.24, 2.45) is 16.6 Å². The quantitative estimate of drug-likeness (QED) is 0.484. The molecule has 0 amide bonds. The predicted molar refractivity (Wildman–Crippen MR) is 53.1 cm³/mol. The van der Waals surface area contributed by atoms with Gasteiger partial charge in [-0.1, -0.05) is 6.92 Å². The van der Waals surface area contributed by atoms with Gasteiger partial charge in [0.05, 0.1) is 0 Å². The van der Waals surface area contributed by atoms with Gasteiger partial charge in [-0.25, -0.2) is 0 Å². The first-order valence-electron chi connectivity index (χ1n) is 3.65. The molecule has 66 valence electrons. The average Bonchev–Trinajstić information content (AvgIpc) is 2.01. The molecule has 1 unspecified atom stereocenters. The Morgan fingerprint density at radius 1 is 1.73 bits per heavy atom. The monoisotopic (exact) mass is 175 g/mol. The molecular weight excluding hydrogens is 158 g/mol. The Morgan fingerprint density at radius 3 is 2.82 bits per heavy atom. The molecule has 0 aliphatic heterocycles. The van der Waals surface area contributed by atoms with E-state index in [1.807, 2.05) is 11.8 Å². The molecule has 0 bridgehead atoms. The number of nitrogens with zero attached hydrogens (tertiary/aromatic N) is 1. The molecule has 4 heteroatoms. The molecule has 0 aromatic heterocycles. The summed E-state index contributed by atoms with van der Waals surface area (Å²) in [7, 11) is 1.68. The van der Waals surface area contributed by atoms with Gasteiger partial charge in [0, 0.05) is 13.6 Å². The summed E-state index contributed by atoms with van der Waals surface area (Å²) in [4.78, 5) is 3.80. The topological polar surface area (TPSA) is 50.4 Å². The van der Waals surface area contributed by atoms with Crippen molar-refractivity contribution < 1.29 is 0 Å². The molecule has 0 aromatic carbocycles. The second-order valence-corrected chi connectivity index (χ2v) is 3.46. The highest BCUT2D eigenvalue weighted by atomic mass is 32.2. The fourth-order valence-corrected chi connectivity index (χ4v) is 1.39. The Kier molecular flexibility index (Phi) is 6.12. The minimum absolute atomic E-state index is 0.526. The number of guanidine groups is 1. The zero-order valence-corrected chi connectivity index (χ0v) is 8.24. The van der Waals surface area contributed by atoms with Gasteiger partial charge < -0.3 is 11.1 Å². The maximum absolute atomic E-state index is 5.45. The standard InChI is InChI=1S/C7H17N3S/c1-6(5-11-3)4-10-7(8)9-2/h6H,4-5H2,1-3H3,(H3,8,9,10). The highest BCUT2D eigenvalue weighted by Crippen LogP contribution is 2.01. The fourth-order valence-electron chi connectivity index (χ4n) is 0.701. The Hall–Kier alpha value is -0.380. The van der Waals surface area contributed by atoms with Gasteiger partial charge in [0.25, 0.3) is 0 Å². The molecule has 0 aromatic rings. The van der Waals surface area contributed by atoms with Crippen molar-refractivity contribution in [2.45, 2.75) is 6.92 Å². The number of hydrogen-bond acceptors (Lipinski definition) is 2. The third-order valence-corrected chi connectivity index (χ3v) is 2.23. The van der Waals surface area contributed by atoms with E-state index in [2.05, 4.69) is 23.5 Å². The molecule has 3 N–H and O–H groups in total. The Labute approximate surface area is 72.8 Å². The summed E-state index contributed by atoms with van der Waals surface area (Å²) in [5.41, 5.74) is 5.45. The van der Waals surface area contributed by atoms with Crippen molar-refractivity contribution in [3.63, 3.8) is 0 Å². The van der Waals surface area contributed by atoms with E-state index in [1.54, 1.807) is 7.05 Å².